The van der Waals surface area contributed by atoms with E-state index in [1.165, 1.54) is 24.3 Å². The second-order valence-electron chi connectivity index (χ2n) is 9.57. The molecule has 206 valence electrons. The molecule has 0 N–H and O–H groups in total. The fourth-order valence-electron chi connectivity index (χ4n) is 5.60. The molecule has 3 heterocycles. The molecule has 1 aromatic carbocycles. The van der Waals surface area contributed by atoms with Crippen molar-refractivity contribution in [3.05, 3.63) is 72.1 Å². The number of piperidine rings is 1. The first-order valence-electron chi connectivity index (χ1n) is 12.6. The average molecular weight is 543 g/mol. The number of likely N-dealkylation sites (tertiary alicyclic amines) is 1. The highest BCUT2D eigenvalue weighted by molar-refractivity contribution is 5.88. The van der Waals surface area contributed by atoms with Crippen molar-refractivity contribution in [2.75, 3.05) is 26.8 Å². The Bertz CT molecular complexity index is 1360. The zero-order valence-corrected chi connectivity index (χ0v) is 21.6. The van der Waals surface area contributed by atoms with Gasteiger partial charge in [0.2, 0.25) is 0 Å². The second kappa shape index (κ2) is 11.1. The number of alkyl halides is 3. The number of carbonyl (C=O) groups excluding carboxylic acids is 2. The van der Waals surface area contributed by atoms with E-state index in [0.717, 1.165) is 12.0 Å². The Morgan fingerprint density at radius 1 is 1.13 bits per heavy atom. The molecule has 0 aliphatic carbocycles. The summed E-state index contributed by atoms with van der Waals surface area (Å²) in [6, 6.07) is 14.4. The number of hydrogen-bond acceptors (Lipinski definition) is 6. The molecule has 8 nitrogen and oxygen atoms in total. The average Bonchev–Trinajstić information content (AvgIpc) is 3.40. The lowest BCUT2D eigenvalue weighted by atomic mass is 9.64. The number of aromatic nitrogens is 2. The van der Waals surface area contributed by atoms with Crippen LogP contribution in [0, 0.1) is 16.7 Å². The first kappa shape index (κ1) is 28.1. The van der Waals surface area contributed by atoms with E-state index in [-0.39, 0.29) is 44.5 Å². The van der Waals surface area contributed by atoms with Crippen LogP contribution in [0.15, 0.2) is 60.9 Å². The van der Waals surface area contributed by atoms with Crippen LogP contribution in [-0.2, 0) is 24.7 Å². The molecule has 4 rings (SSSR count). The molecule has 1 saturated heterocycles. The summed E-state index contributed by atoms with van der Waals surface area (Å²) in [7, 11) is 0.866. The quantitative estimate of drug-likeness (QED) is 0.386. The van der Waals surface area contributed by atoms with Crippen molar-refractivity contribution in [3.63, 3.8) is 0 Å². The van der Waals surface area contributed by atoms with Crippen LogP contribution in [0.2, 0.25) is 0 Å². The summed E-state index contributed by atoms with van der Waals surface area (Å²) in [4.78, 5) is 27.4. The van der Waals surface area contributed by atoms with Crippen LogP contribution in [0.5, 0.6) is 0 Å². The number of pyridine rings is 1. The van der Waals surface area contributed by atoms with Crippen LogP contribution in [0.4, 0.5) is 13.2 Å². The molecule has 39 heavy (non-hydrogen) atoms. The predicted molar refractivity (Wildman–Crippen MR) is 134 cm³/mol. The van der Waals surface area contributed by atoms with Crippen molar-refractivity contribution >= 4 is 17.4 Å². The van der Waals surface area contributed by atoms with Gasteiger partial charge in [-0.1, -0.05) is 36.4 Å². The zero-order valence-electron chi connectivity index (χ0n) is 21.6. The minimum Gasteiger partial charge on any atom is -0.466 e. The van der Waals surface area contributed by atoms with Crippen molar-refractivity contribution in [1.82, 2.24) is 14.5 Å². The lowest BCUT2D eigenvalue weighted by Gasteiger charge is -2.46. The second-order valence-corrected chi connectivity index (χ2v) is 9.57. The van der Waals surface area contributed by atoms with Crippen LogP contribution < -0.4 is 0 Å². The van der Waals surface area contributed by atoms with Gasteiger partial charge in [0.25, 0.3) is 11.5 Å². The molecule has 1 fully saturated rings. The Morgan fingerprint density at radius 3 is 2.41 bits per heavy atom. The number of halogens is 3. The van der Waals surface area contributed by atoms with Crippen molar-refractivity contribution in [1.29, 1.82) is 5.26 Å². The first-order valence-corrected chi connectivity index (χ1v) is 12.6. The Balaban J connectivity index is 1.70. The Kier molecular flexibility index (Phi) is 7.97. The van der Waals surface area contributed by atoms with Crippen LogP contribution >= 0.6 is 0 Å². The van der Waals surface area contributed by atoms with Crippen LogP contribution in [0.1, 0.15) is 43.2 Å². The summed E-state index contributed by atoms with van der Waals surface area (Å²) in [6.07, 6.45) is -1.61. The van der Waals surface area contributed by atoms with Gasteiger partial charge in [0.1, 0.15) is 0 Å². The van der Waals surface area contributed by atoms with Gasteiger partial charge < -0.3 is 14.4 Å². The van der Waals surface area contributed by atoms with Gasteiger partial charge in [-0.3, -0.25) is 9.59 Å². The molecule has 11 heteroatoms. The number of carbonyl (C=O) groups is 2. The lowest BCUT2D eigenvalue weighted by Crippen LogP contribution is -2.59. The summed E-state index contributed by atoms with van der Waals surface area (Å²) in [5, 5.41) is 14.6. The number of amides is 1. The third-order valence-electron chi connectivity index (χ3n) is 7.56. The molecule has 1 unspecified atom stereocenters. The molecule has 1 aliphatic heterocycles. The SMILES string of the molecule is CCOC(=O)CC1(C(C#N)c2cccn3nccc23)CCN(C(=O)[C@](OC)(c2ccccc2)C(F)(F)F)CC1. The third kappa shape index (κ3) is 4.96. The number of esters is 1. The molecular weight excluding hydrogens is 513 g/mol. The highest BCUT2D eigenvalue weighted by Gasteiger charge is 2.64. The van der Waals surface area contributed by atoms with Gasteiger partial charge in [0, 0.05) is 43.6 Å². The van der Waals surface area contributed by atoms with E-state index in [0.29, 0.717) is 11.1 Å². The van der Waals surface area contributed by atoms with E-state index in [9.17, 15) is 28.0 Å². The van der Waals surface area contributed by atoms with Gasteiger partial charge in [-0.15, -0.1) is 0 Å². The fourth-order valence-corrected chi connectivity index (χ4v) is 5.60. The standard InChI is InChI=1S/C28H29F3N4O4/c1-3-39-24(36)18-26(22(19-32)21-10-7-15-35-23(21)11-14-33-35)12-16-34(17-13-26)25(37)27(38-2,28(29,30)31)20-8-5-4-6-9-20/h4-11,14-15,22H,3,12-13,16-18H2,1-2H3/t22?,27-/m1/s1. The molecular formula is C28H29F3N4O4. The van der Waals surface area contributed by atoms with Crippen molar-refractivity contribution in [2.45, 2.75) is 43.9 Å². The van der Waals surface area contributed by atoms with Gasteiger partial charge in [-0.05, 0) is 37.5 Å². The molecule has 3 aromatic rings. The minimum absolute atomic E-state index is 0.104. The number of rotatable bonds is 8. The van der Waals surface area contributed by atoms with E-state index in [2.05, 4.69) is 11.2 Å². The Hall–Kier alpha value is -3.91. The van der Waals surface area contributed by atoms with Gasteiger partial charge in [-0.2, -0.15) is 23.5 Å². The molecule has 0 bridgehead atoms. The van der Waals surface area contributed by atoms with Crippen molar-refractivity contribution in [2.24, 2.45) is 5.41 Å². The number of nitriles is 1. The van der Waals surface area contributed by atoms with E-state index in [1.54, 1.807) is 48.1 Å². The van der Waals surface area contributed by atoms with E-state index in [1.807, 2.05) is 0 Å². The predicted octanol–water partition coefficient (Wildman–Crippen LogP) is 4.61. The number of nitrogens with zero attached hydrogens (tertiary/aromatic N) is 4. The maximum Gasteiger partial charge on any atom is 0.430 e. The highest BCUT2D eigenvalue weighted by atomic mass is 19.4. The molecule has 2 atom stereocenters. The third-order valence-corrected chi connectivity index (χ3v) is 7.56. The van der Waals surface area contributed by atoms with Gasteiger partial charge in [0.15, 0.2) is 0 Å². The van der Waals surface area contributed by atoms with Gasteiger partial charge >= 0.3 is 12.1 Å². The molecule has 2 aromatic heterocycles. The number of fused-ring (bicyclic) bond motifs is 1. The van der Waals surface area contributed by atoms with E-state index in [4.69, 9.17) is 9.47 Å². The fraction of sp³-hybridized carbons (Fsp3) is 0.429. The maximum absolute atomic E-state index is 14.5. The molecule has 1 amide bonds. The number of benzene rings is 1. The van der Waals surface area contributed by atoms with Crippen LogP contribution in [0.25, 0.3) is 5.52 Å². The van der Waals surface area contributed by atoms with Crippen LogP contribution in [-0.4, -0.2) is 59.4 Å². The summed E-state index contributed by atoms with van der Waals surface area (Å²) in [5.41, 5.74) is -3.16. The summed E-state index contributed by atoms with van der Waals surface area (Å²) in [5.74, 6) is -2.55. The first-order chi connectivity index (χ1) is 18.6. The number of ether oxygens (including phenoxy) is 2. The summed E-state index contributed by atoms with van der Waals surface area (Å²) >= 11 is 0. The van der Waals surface area contributed by atoms with Crippen molar-refractivity contribution in [3.8, 4) is 6.07 Å². The summed E-state index contributed by atoms with van der Waals surface area (Å²) in [6.45, 7) is 1.61. The van der Waals surface area contributed by atoms with E-state index >= 15 is 0 Å². The minimum atomic E-state index is -5.04. The largest absolute Gasteiger partial charge is 0.466 e. The molecule has 1 aliphatic rings. The van der Waals surface area contributed by atoms with Crippen molar-refractivity contribution < 1.29 is 32.2 Å². The normalized spacial score (nSPS) is 17.7. The smallest absolute Gasteiger partial charge is 0.430 e. The highest BCUT2D eigenvalue weighted by Crippen LogP contribution is 2.50. The molecule has 0 radical (unpaired) electrons. The zero-order chi connectivity index (χ0) is 28.3. The van der Waals surface area contributed by atoms with Gasteiger partial charge in [0.05, 0.1) is 30.5 Å². The Morgan fingerprint density at radius 2 is 1.82 bits per heavy atom. The van der Waals surface area contributed by atoms with E-state index < -0.39 is 35.0 Å². The Labute approximate surface area is 223 Å². The van der Waals surface area contributed by atoms with Crippen LogP contribution in [0.3, 0.4) is 0 Å². The van der Waals surface area contributed by atoms with Gasteiger partial charge in [-0.25, -0.2) is 4.52 Å². The number of methoxy groups -OCH3 is 1. The topological polar surface area (TPSA) is 96.9 Å². The molecule has 0 saturated carbocycles. The monoisotopic (exact) mass is 542 g/mol. The number of hydrogen-bond donors (Lipinski definition) is 0. The maximum atomic E-state index is 14.5. The molecule has 0 spiro atoms. The summed E-state index contributed by atoms with van der Waals surface area (Å²) < 4.78 is 55.3. The lowest BCUT2D eigenvalue weighted by molar-refractivity contribution is -0.271.